The molecule has 0 aliphatic heterocycles. The van der Waals surface area contributed by atoms with Crippen LogP contribution in [0.1, 0.15) is 43.4 Å². The van der Waals surface area contributed by atoms with Crippen molar-refractivity contribution < 1.29 is 13.2 Å². The summed E-state index contributed by atoms with van der Waals surface area (Å²) in [5, 5.41) is 3.26. The lowest BCUT2D eigenvalue weighted by atomic mass is 9.99. The van der Waals surface area contributed by atoms with Gasteiger partial charge in [0, 0.05) is 16.9 Å². The highest BCUT2D eigenvalue weighted by Crippen LogP contribution is 2.30. The first kappa shape index (κ1) is 16.5. The number of nitrogens with one attached hydrogen (secondary N) is 1. The first-order valence-electron chi connectivity index (χ1n) is 6.39. The van der Waals surface area contributed by atoms with Crippen LogP contribution in [0.5, 0.6) is 0 Å². The van der Waals surface area contributed by atoms with Gasteiger partial charge in [-0.1, -0.05) is 40.5 Å². The lowest BCUT2D eigenvalue weighted by Crippen LogP contribution is -2.22. The van der Waals surface area contributed by atoms with E-state index in [2.05, 4.69) is 21.2 Å². The molecule has 0 heterocycles. The first-order chi connectivity index (χ1) is 8.83. The fourth-order valence-corrected chi connectivity index (χ4v) is 2.57. The predicted octanol–water partition coefficient (Wildman–Crippen LogP) is 5.14. The van der Waals surface area contributed by atoms with Crippen LogP contribution in [0.3, 0.4) is 0 Å². The molecule has 1 aromatic rings. The van der Waals surface area contributed by atoms with E-state index >= 15 is 0 Å². The summed E-state index contributed by atoms with van der Waals surface area (Å²) in [5.41, 5.74) is 2.14. The summed E-state index contributed by atoms with van der Waals surface area (Å²) in [7, 11) is 0. The van der Waals surface area contributed by atoms with Crippen molar-refractivity contribution in [3.8, 4) is 0 Å². The Balaban J connectivity index is 2.73. The Morgan fingerprint density at radius 3 is 2.58 bits per heavy atom. The SMILES string of the molecule is CCNC(CCCC(F)(F)F)c1cc(C)ccc1Br. The number of rotatable bonds is 6. The standard InChI is InChI=1S/C14H19BrF3N/c1-3-19-13(5-4-8-14(16,17)18)11-9-10(2)6-7-12(11)15/h6-7,9,13,19H,3-5,8H2,1-2H3. The summed E-state index contributed by atoms with van der Waals surface area (Å²) in [5.74, 6) is 0. The van der Waals surface area contributed by atoms with Crippen LogP contribution in [0.25, 0.3) is 0 Å². The van der Waals surface area contributed by atoms with Gasteiger partial charge in [-0.05, 0) is 37.9 Å². The second-order valence-corrected chi connectivity index (χ2v) is 5.50. The molecule has 0 amide bonds. The van der Waals surface area contributed by atoms with Crippen LogP contribution in [-0.2, 0) is 0 Å². The minimum Gasteiger partial charge on any atom is -0.310 e. The highest BCUT2D eigenvalue weighted by Gasteiger charge is 2.27. The quantitative estimate of drug-likeness (QED) is 0.757. The van der Waals surface area contributed by atoms with Crippen molar-refractivity contribution in [3.63, 3.8) is 0 Å². The van der Waals surface area contributed by atoms with Gasteiger partial charge in [-0.3, -0.25) is 0 Å². The average molecular weight is 338 g/mol. The molecule has 5 heteroatoms. The predicted molar refractivity (Wildman–Crippen MR) is 75.2 cm³/mol. The molecule has 0 aliphatic carbocycles. The zero-order valence-corrected chi connectivity index (χ0v) is 12.7. The maximum Gasteiger partial charge on any atom is 0.389 e. The third kappa shape index (κ3) is 5.95. The Kier molecular flexibility index (Phi) is 6.33. The minimum atomic E-state index is -4.07. The van der Waals surface area contributed by atoms with E-state index < -0.39 is 12.6 Å². The van der Waals surface area contributed by atoms with Gasteiger partial charge in [0.15, 0.2) is 0 Å². The van der Waals surface area contributed by atoms with Gasteiger partial charge >= 0.3 is 6.18 Å². The maximum absolute atomic E-state index is 12.2. The summed E-state index contributed by atoms with van der Waals surface area (Å²) in [6.07, 6.45) is -4.17. The molecule has 1 unspecified atom stereocenters. The normalized spacial score (nSPS) is 13.6. The summed E-state index contributed by atoms with van der Waals surface area (Å²) >= 11 is 3.47. The maximum atomic E-state index is 12.2. The van der Waals surface area contributed by atoms with Crippen molar-refractivity contribution in [2.45, 2.75) is 45.3 Å². The van der Waals surface area contributed by atoms with Crippen molar-refractivity contribution in [1.29, 1.82) is 0 Å². The van der Waals surface area contributed by atoms with Gasteiger partial charge < -0.3 is 5.32 Å². The average Bonchev–Trinajstić information content (AvgIpc) is 2.30. The molecule has 0 spiro atoms. The summed E-state index contributed by atoms with van der Waals surface area (Å²) in [6.45, 7) is 4.67. The lowest BCUT2D eigenvalue weighted by molar-refractivity contribution is -0.135. The lowest BCUT2D eigenvalue weighted by Gasteiger charge is -2.20. The van der Waals surface area contributed by atoms with Crippen LogP contribution >= 0.6 is 15.9 Å². The van der Waals surface area contributed by atoms with Gasteiger partial charge in [0.05, 0.1) is 0 Å². The van der Waals surface area contributed by atoms with Crippen molar-refractivity contribution in [2.24, 2.45) is 0 Å². The number of hydrogen-bond donors (Lipinski definition) is 1. The third-order valence-corrected chi connectivity index (χ3v) is 3.65. The van der Waals surface area contributed by atoms with Crippen LogP contribution in [0.15, 0.2) is 22.7 Å². The molecule has 19 heavy (non-hydrogen) atoms. The monoisotopic (exact) mass is 337 g/mol. The van der Waals surface area contributed by atoms with E-state index in [4.69, 9.17) is 0 Å². The van der Waals surface area contributed by atoms with Crippen LogP contribution < -0.4 is 5.32 Å². The second kappa shape index (κ2) is 7.29. The van der Waals surface area contributed by atoms with E-state index in [1.807, 2.05) is 32.0 Å². The van der Waals surface area contributed by atoms with E-state index in [-0.39, 0.29) is 12.5 Å². The fourth-order valence-electron chi connectivity index (χ4n) is 2.05. The number of benzene rings is 1. The zero-order valence-electron chi connectivity index (χ0n) is 11.1. The molecule has 0 saturated carbocycles. The molecule has 1 atom stereocenters. The van der Waals surface area contributed by atoms with E-state index in [1.165, 1.54) is 0 Å². The highest BCUT2D eigenvalue weighted by atomic mass is 79.9. The molecule has 108 valence electrons. The van der Waals surface area contributed by atoms with Crippen molar-refractivity contribution in [1.82, 2.24) is 5.32 Å². The Hall–Kier alpha value is -0.550. The topological polar surface area (TPSA) is 12.0 Å². The van der Waals surface area contributed by atoms with E-state index in [9.17, 15) is 13.2 Å². The Morgan fingerprint density at radius 2 is 2.00 bits per heavy atom. The molecule has 1 rings (SSSR count). The first-order valence-corrected chi connectivity index (χ1v) is 7.19. The van der Waals surface area contributed by atoms with Gasteiger partial charge in [0.2, 0.25) is 0 Å². The zero-order chi connectivity index (χ0) is 14.5. The molecule has 0 fully saturated rings. The van der Waals surface area contributed by atoms with E-state index in [0.29, 0.717) is 6.42 Å². The largest absolute Gasteiger partial charge is 0.389 e. The molecular formula is C14H19BrF3N. The van der Waals surface area contributed by atoms with Crippen LogP contribution in [0, 0.1) is 6.92 Å². The molecule has 0 aromatic heterocycles. The summed E-state index contributed by atoms with van der Waals surface area (Å²) in [4.78, 5) is 0. The minimum absolute atomic E-state index is 0.0402. The van der Waals surface area contributed by atoms with Crippen LogP contribution in [0.4, 0.5) is 13.2 Å². The van der Waals surface area contributed by atoms with Crippen molar-refractivity contribution >= 4 is 15.9 Å². The Morgan fingerprint density at radius 1 is 1.32 bits per heavy atom. The summed E-state index contributed by atoms with van der Waals surface area (Å²) in [6, 6.07) is 5.90. The van der Waals surface area contributed by atoms with Crippen LogP contribution in [-0.4, -0.2) is 12.7 Å². The smallest absolute Gasteiger partial charge is 0.310 e. The second-order valence-electron chi connectivity index (χ2n) is 4.64. The van der Waals surface area contributed by atoms with Crippen molar-refractivity contribution in [3.05, 3.63) is 33.8 Å². The Bertz CT molecular complexity index is 404. The molecule has 0 bridgehead atoms. The molecule has 1 N–H and O–H groups in total. The number of aryl methyl sites for hydroxylation is 1. The number of hydrogen-bond acceptors (Lipinski definition) is 1. The van der Waals surface area contributed by atoms with Gasteiger partial charge in [-0.2, -0.15) is 13.2 Å². The van der Waals surface area contributed by atoms with E-state index in [0.717, 1.165) is 22.1 Å². The number of alkyl halides is 3. The van der Waals surface area contributed by atoms with Gasteiger partial charge in [-0.15, -0.1) is 0 Å². The van der Waals surface area contributed by atoms with E-state index in [1.54, 1.807) is 0 Å². The molecule has 1 aromatic carbocycles. The highest BCUT2D eigenvalue weighted by molar-refractivity contribution is 9.10. The van der Waals surface area contributed by atoms with Gasteiger partial charge in [-0.25, -0.2) is 0 Å². The molecule has 0 radical (unpaired) electrons. The van der Waals surface area contributed by atoms with Gasteiger partial charge in [0.1, 0.15) is 0 Å². The molecule has 1 nitrogen and oxygen atoms in total. The molecular weight excluding hydrogens is 319 g/mol. The fraction of sp³-hybridized carbons (Fsp3) is 0.571. The Labute approximate surface area is 120 Å². The molecule has 0 saturated heterocycles. The molecule has 0 aliphatic rings. The summed E-state index contributed by atoms with van der Waals surface area (Å²) < 4.78 is 37.6. The van der Waals surface area contributed by atoms with Crippen molar-refractivity contribution in [2.75, 3.05) is 6.54 Å². The number of halogens is 4. The van der Waals surface area contributed by atoms with Crippen LogP contribution in [0.2, 0.25) is 0 Å². The third-order valence-electron chi connectivity index (χ3n) is 2.93. The van der Waals surface area contributed by atoms with Gasteiger partial charge in [0.25, 0.3) is 0 Å².